The molecule has 0 aliphatic heterocycles. The lowest BCUT2D eigenvalue weighted by atomic mass is 10.0. The number of hydrogen-bond donors (Lipinski definition) is 1. The molecule has 5 nitrogen and oxygen atoms in total. The summed E-state index contributed by atoms with van der Waals surface area (Å²) in [6.45, 7) is 6.03. The number of hydrogen-bond acceptors (Lipinski definition) is 3. The van der Waals surface area contributed by atoms with E-state index in [4.69, 9.17) is 16.3 Å². The number of nitrogens with one attached hydrogen (secondary N) is 1. The molecule has 190 valence electrons. The van der Waals surface area contributed by atoms with Crippen LogP contribution in [0.15, 0.2) is 77.3 Å². The average Bonchev–Trinajstić information content (AvgIpc) is 2.87. The van der Waals surface area contributed by atoms with Crippen molar-refractivity contribution in [3.05, 3.63) is 99.0 Å². The van der Waals surface area contributed by atoms with Crippen molar-refractivity contribution >= 4 is 39.3 Å². The second kappa shape index (κ2) is 13.5. The van der Waals surface area contributed by atoms with Crippen molar-refractivity contribution in [1.29, 1.82) is 0 Å². The number of rotatable bonds is 11. The zero-order valence-corrected chi connectivity index (χ0v) is 23.2. The minimum absolute atomic E-state index is 0.0102. The molecule has 2 atom stereocenters. The maximum atomic E-state index is 13.7. The molecule has 0 saturated carbocycles. The summed E-state index contributed by atoms with van der Waals surface area (Å²) in [4.78, 5) is 28.8. The summed E-state index contributed by atoms with van der Waals surface area (Å²) in [7, 11) is 0. The Labute approximate surface area is 226 Å². The SMILES string of the molecule is CC[C@@H](C)NC(=O)[C@H](Cc1ccccc1)N(Cc1ccccc1C)C(=O)COc1ccc(Br)cc1Cl. The van der Waals surface area contributed by atoms with Crippen LogP contribution in [-0.4, -0.2) is 35.4 Å². The quantitative estimate of drug-likeness (QED) is 0.292. The van der Waals surface area contributed by atoms with Crippen LogP contribution in [0.4, 0.5) is 0 Å². The highest BCUT2D eigenvalue weighted by atomic mass is 79.9. The van der Waals surface area contributed by atoms with E-state index in [1.54, 1.807) is 23.1 Å². The van der Waals surface area contributed by atoms with E-state index >= 15 is 0 Å². The first kappa shape index (κ1) is 27.8. The van der Waals surface area contributed by atoms with Crippen molar-refractivity contribution in [2.75, 3.05) is 6.61 Å². The first-order valence-corrected chi connectivity index (χ1v) is 13.2. The minimum Gasteiger partial charge on any atom is -0.482 e. The predicted molar refractivity (Wildman–Crippen MR) is 148 cm³/mol. The summed E-state index contributed by atoms with van der Waals surface area (Å²) in [5, 5.41) is 3.48. The molecule has 3 aromatic carbocycles. The molecule has 0 fully saturated rings. The molecule has 0 radical (unpaired) electrons. The molecule has 0 aliphatic carbocycles. The van der Waals surface area contributed by atoms with Gasteiger partial charge in [-0.05, 0) is 55.2 Å². The number of aryl methyl sites for hydroxylation is 1. The van der Waals surface area contributed by atoms with Crippen molar-refractivity contribution in [3.8, 4) is 5.75 Å². The Hall–Kier alpha value is -2.83. The normalized spacial score (nSPS) is 12.5. The van der Waals surface area contributed by atoms with E-state index in [-0.39, 0.29) is 31.0 Å². The highest BCUT2D eigenvalue weighted by Crippen LogP contribution is 2.28. The first-order chi connectivity index (χ1) is 17.3. The maximum Gasteiger partial charge on any atom is 0.261 e. The van der Waals surface area contributed by atoms with E-state index in [0.717, 1.165) is 27.6 Å². The smallest absolute Gasteiger partial charge is 0.261 e. The van der Waals surface area contributed by atoms with Crippen molar-refractivity contribution in [2.24, 2.45) is 0 Å². The van der Waals surface area contributed by atoms with Gasteiger partial charge in [-0.2, -0.15) is 0 Å². The van der Waals surface area contributed by atoms with Gasteiger partial charge < -0.3 is 15.0 Å². The summed E-state index contributed by atoms with van der Waals surface area (Å²) in [6, 6.07) is 22.1. The fourth-order valence-electron chi connectivity index (χ4n) is 3.78. The van der Waals surface area contributed by atoms with Gasteiger partial charge in [-0.25, -0.2) is 0 Å². The van der Waals surface area contributed by atoms with Gasteiger partial charge in [-0.1, -0.05) is 89.1 Å². The number of carbonyl (C=O) groups is 2. The van der Waals surface area contributed by atoms with Gasteiger partial charge in [-0.3, -0.25) is 9.59 Å². The number of amides is 2. The van der Waals surface area contributed by atoms with Crippen LogP contribution in [0.1, 0.15) is 37.0 Å². The highest BCUT2D eigenvalue weighted by Gasteiger charge is 2.31. The van der Waals surface area contributed by atoms with Crippen LogP contribution in [0.25, 0.3) is 0 Å². The standard InChI is InChI=1S/C29H32BrClN2O3/c1-4-21(3)32-29(35)26(16-22-11-6-5-7-12-22)33(18-23-13-9-8-10-20(23)2)28(34)19-36-27-15-14-24(30)17-25(27)31/h5-15,17,21,26H,4,16,18-19H2,1-3H3,(H,32,35)/t21-,26+/m1/s1. The Morgan fingerprint density at radius 2 is 1.75 bits per heavy atom. The molecule has 0 aliphatic rings. The minimum atomic E-state index is -0.711. The van der Waals surface area contributed by atoms with Gasteiger partial charge in [0.15, 0.2) is 6.61 Å². The Kier molecular flexibility index (Phi) is 10.4. The van der Waals surface area contributed by atoms with Crippen LogP contribution in [0.2, 0.25) is 5.02 Å². The molecule has 2 amide bonds. The van der Waals surface area contributed by atoms with E-state index in [1.165, 1.54) is 0 Å². The van der Waals surface area contributed by atoms with Crippen LogP contribution in [0, 0.1) is 6.92 Å². The molecular weight excluding hydrogens is 540 g/mol. The van der Waals surface area contributed by atoms with Crippen LogP contribution in [-0.2, 0) is 22.6 Å². The number of benzene rings is 3. The Morgan fingerprint density at radius 1 is 1.06 bits per heavy atom. The lowest BCUT2D eigenvalue weighted by Gasteiger charge is -2.32. The lowest BCUT2D eigenvalue weighted by molar-refractivity contribution is -0.143. The Balaban J connectivity index is 1.93. The van der Waals surface area contributed by atoms with Gasteiger partial charge in [0.2, 0.25) is 5.91 Å². The number of ether oxygens (including phenoxy) is 1. The summed E-state index contributed by atoms with van der Waals surface area (Å²) >= 11 is 9.67. The predicted octanol–water partition coefficient (Wildman–Crippen LogP) is 6.34. The van der Waals surface area contributed by atoms with E-state index in [1.807, 2.05) is 75.4 Å². The number of halogens is 2. The number of carbonyl (C=O) groups excluding carboxylic acids is 2. The molecule has 7 heteroatoms. The highest BCUT2D eigenvalue weighted by molar-refractivity contribution is 9.10. The average molecular weight is 572 g/mol. The molecular formula is C29H32BrClN2O3. The third-order valence-electron chi connectivity index (χ3n) is 6.12. The molecule has 3 aromatic rings. The van der Waals surface area contributed by atoms with Gasteiger partial charge in [0, 0.05) is 23.5 Å². The largest absolute Gasteiger partial charge is 0.482 e. The Morgan fingerprint density at radius 3 is 2.42 bits per heavy atom. The summed E-state index contributed by atoms with van der Waals surface area (Å²) in [5.74, 6) is -0.0676. The van der Waals surface area contributed by atoms with Crippen molar-refractivity contribution in [1.82, 2.24) is 10.2 Å². The fourth-order valence-corrected chi connectivity index (χ4v) is 4.51. The maximum absolute atomic E-state index is 13.7. The molecule has 0 heterocycles. The zero-order valence-electron chi connectivity index (χ0n) is 20.8. The third-order valence-corrected chi connectivity index (χ3v) is 6.91. The first-order valence-electron chi connectivity index (χ1n) is 12.0. The molecule has 36 heavy (non-hydrogen) atoms. The Bertz CT molecular complexity index is 1170. The monoisotopic (exact) mass is 570 g/mol. The van der Waals surface area contributed by atoms with E-state index in [0.29, 0.717) is 17.2 Å². The van der Waals surface area contributed by atoms with Gasteiger partial charge in [0.25, 0.3) is 5.91 Å². The third kappa shape index (κ3) is 7.84. The van der Waals surface area contributed by atoms with E-state index in [2.05, 4.69) is 21.2 Å². The molecule has 0 saturated heterocycles. The fraction of sp³-hybridized carbons (Fsp3) is 0.310. The van der Waals surface area contributed by atoms with E-state index < -0.39 is 6.04 Å². The number of nitrogens with zero attached hydrogens (tertiary/aromatic N) is 1. The van der Waals surface area contributed by atoms with Gasteiger partial charge in [0.05, 0.1) is 5.02 Å². The molecule has 0 bridgehead atoms. The van der Waals surface area contributed by atoms with Crippen LogP contribution in [0.3, 0.4) is 0 Å². The molecule has 1 N–H and O–H groups in total. The van der Waals surface area contributed by atoms with Crippen LogP contribution >= 0.6 is 27.5 Å². The molecule has 0 spiro atoms. The van der Waals surface area contributed by atoms with Gasteiger partial charge in [0.1, 0.15) is 11.8 Å². The molecule has 3 rings (SSSR count). The van der Waals surface area contributed by atoms with Crippen molar-refractivity contribution < 1.29 is 14.3 Å². The van der Waals surface area contributed by atoms with Gasteiger partial charge in [-0.15, -0.1) is 0 Å². The summed E-state index contributed by atoms with van der Waals surface area (Å²) < 4.78 is 6.63. The van der Waals surface area contributed by atoms with Crippen molar-refractivity contribution in [2.45, 2.75) is 52.2 Å². The molecule has 0 aromatic heterocycles. The lowest BCUT2D eigenvalue weighted by Crippen LogP contribution is -2.53. The van der Waals surface area contributed by atoms with E-state index in [9.17, 15) is 9.59 Å². The van der Waals surface area contributed by atoms with Crippen LogP contribution in [0.5, 0.6) is 5.75 Å². The second-order valence-corrected chi connectivity index (χ2v) is 10.2. The topological polar surface area (TPSA) is 58.6 Å². The molecule has 0 unspecified atom stereocenters. The van der Waals surface area contributed by atoms with Crippen molar-refractivity contribution in [3.63, 3.8) is 0 Å². The van der Waals surface area contributed by atoms with Crippen LogP contribution < -0.4 is 10.1 Å². The van der Waals surface area contributed by atoms with Gasteiger partial charge >= 0.3 is 0 Å². The zero-order chi connectivity index (χ0) is 26.1. The summed E-state index contributed by atoms with van der Waals surface area (Å²) in [6.07, 6.45) is 1.18. The summed E-state index contributed by atoms with van der Waals surface area (Å²) in [5.41, 5.74) is 3.00. The second-order valence-electron chi connectivity index (χ2n) is 8.83.